The van der Waals surface area contributed by atoms with Gasteiger partial charge in [-0.25, -0.2) is 9.98 Å². The number of thiophene rings is 1. The molecule has 0 N–H and O–H groups in total. The molecule has 0 unspecified atom stereocenters. The van der Waals surface area contributed by atoms with E-state index in [1.165, 1.54) is 53.1 Å². The first-order valence-electron chi connectivity index (χ1n) is 19.1. The third-order valence-corrected chi connectivity index (χ3v) is 11.8. The van der Waals surface area contributed by atoms with Crippen molar-refractivity contribution in [2.75, 3.05) is 0 Å². The van der Waals surface area contributed by atoms with Crippen LogP contribution in [-0.4, -0.2) is 23.0 Å². The summed E-state index contributed by atoms with van der Waals surface area (Å²) in [4.78, 5) is 14.4. The van der Waals surface area contributed by atoms with E-state index in [1.54, 1.807) is 0 Å². The van der Waals surface area contributed by atoms with Crippen molar-refractivity contribution in [1.82, 2.24) is 4.57 Å². The normalized spacial score (nSPS) is 12.2. The highest BCUT2D eigenvalue weighted by Gasteiger charge is 2.18. The van der Waals surface area contributed by atoms with Crippen LogP contribution >= 0.6 is 11.3 Å². The Morgan fingerprint density at radius 2 is 1.14 bits per heavy atom. The smallest absolute Gasteiger partial charge is 0.161 e. The number of benzene rings is 8. The predicted molar refractivity (Wildman–Crippen MR) is 244 cm³/mol. The van der Waals surface area contributed by atoms with Gasteiger partial charge in [-0.2, -0.15) is 0 Å². The molecular weight excluding hydrogens is 713 g/mol. The summed E-state index contributed by atoms with van der Waals surface area (Å²) in [6.07, 6.45) is 0. The van der Waals surface area contributed by atoms with Crippen molar-refractivity contribution < 1.29 is 0 Å². The zero-order valence-corrected chi connectivity index (χ0v) is 31.9. The van der Waals surface area contributed by atoms with Gasteiger partial charge in [0.15, 0.2) is 11.7 Å². The molecule has 0 aliphatic rings. The molecule has 2 heterocycles. The molecule has 0 amide bonds. The van der Waals surface area contributed by atoms with Crippen molar-refractivity contribution in [3.8, 4) is 27.9 Å². The van der Waals surface area contributed by atoms with E-state index < -0.39 is 0 Å². The van der Waals surface area contributed by atoms with E-state index in [1.807, 2.05) is 72.0 Å². The molecule has 0 bridgehead atoms. The molecular formula is C52H36N4S. The first-order chi connectivity index (χ1) is 28.2. The zero-order chi connectivity index (χ0) is 38.1. The number of hydrogen-bond donors (Lipinski definition) is 0. The standard InChI is InChI=1S/C52H36N4S/c1-53-51(37-18-7-3-8-19-37)55-52(38-20-9-4-10-21-38)54-34-35-28-31-47(45(32-35)36-16-5-2-6-17-36)56-46-26-13-11-22-41(46)42-30-29-39(33-48(42)56)40-24-15-25-44-43-23-12-14-27-49(43)57-50(40)44/h2-33H,1,34H2. The summed E-state index contributed by atoms with van der Waals surface area (Å²) in [6.45, 7) is 4.27. The molecule has 0 spiro atoms. The fourth-order valence-electron chi connectivity index (χ4n) is 7.92. The van der Waals surface area contributed by atoms with E-state index in [-0.39, 0.29) is 0 Å². The van der Waals surface area contributed by atoms with Gasteiger partial charge in [-0.3, -0.25) is 4.99 Å². The third-order valence-electron chi connectivity index (χ3n) is 10.6. The minimum absolute atomic E-state index is 0.434. The number of para-hydroxylation sites is 1. The summed E-state index contributed by atoms with van der Waals surface area (Å²) in [5, 5.41) is 5.06. The minimum Gasteiger partial charge on any atom is -0.309 e. The maximum absolute atomic E-state index is 5.13. The monoisotopic (exact) mass is 748 g/mol. The summed E-state index contributed by atoms with van der Waals surface area (Å²) in [5.74, 6) is 1.14. The van der Waals surface area contributed by atoms with E-state index in [9.17, 15) is 0 Å². The van der Waals surface area contributed by atoms with Gasteiger partial charge in [-0.15, -0.1) is 11.3 Å². The highest BCUT2D eigenvalue weighted by atomic mass is 32.1. The molecule has 5 heteroatoms. The van der Waals surface area contributed by atoms with Crippen LogP contribution in [0, 0.1) is 0 Å². The van der Waals surface area contributed by atoms with Crippen molar-refractivity contribution >= 4 is 71.7 Å². The molecule has 8 aromatic carbocycles. The summed E-state index contributed by atoms with van der Waals surface area (Å²) >= 11 is 1.87. The van der Waals surface area contributed by atoms with Crippen molar-refractivity contribution in [2.24, 2.45) is 15.0 Å². The lowest BCUT2D eigenvalue weighted by molar-refractivity contribution is 1.06. The highest BCUT2D eigenvalue weighted by Crippen LogP contribution is 2.42. The van der Waals surface area contributed by atoms with Gasteiger partial charge in [0.05, 0.1) is 23.3 Å². The van der Waals surface area contributed by atoms with Gasteiger partial charge >= 0.3 is 0 Å². The molecule has 4 nitrogen and oxygen atoms in total. The number of rotatable bonds is 7. The van der Waals surface area contributed by atoms with Crippen LogP contribution in [-0.2, 0) is 6.54 Å². The maximum atomic E-state index is 5.13. The number of nitrogens with zero attached hydrogens (tertiary/aromatic N) is 4. The molecule has 10 aromatic rings. The Bertz CT molecular complexity index is 3160. The van der Waals surface area contributed by atoms with Gasteiger partial charge in [0, 0.05) is 47.6 Å². The Balaban J connectivity index is 1.13. The molecule has 0 atom stereocenters. The molecule has 0 aliphatic carbocycles. The van der Waals surface area contributed by atoms with Gasteiger partial charge < -0.3 is 4.57 Å². The maximum Gasteiger partial charge on any atom is 0.161 e. The Labute approximate surface area is 335 Å². The second-order valence-corrected chi connectivity index (χ2v) is 15.1. The predicted octanol–water partition coefficient (Wildman–Crippen LogP) is 13.6. The van der Waals surface area contributed by atoms with E-state index >= 15 is 0 Å². The Kier molecular flexibility index (Phi) is 8.90. The van der Waals surface area contributed by atoms with E-state index in [0.717, 1.165) is 33.5 Å². The fourth-order valence-corrected chi connectivity index (χ4v) is 9.16. The van der Waals surface area contributed by atoms with Crippen LogP contribution in [0.5, 0.6) is 0 Å². The van der Waals surface area contributed by atoms with Crippen LogP contribution in [0.3, 0.4) is 0 Å². The number of fused-ring (bicyclic) bond motifs is 6. The lowest BCUT2D eigenvalue weighted by Crippen LogP contribution is -2.05. The number of aliphatic imine (C=N–C) groups is 3. The largest absolute Gasteiger partial charge is 0.309 e. The number of hydrogen-bond acceptors (Lipinski definition) is 2. The second-order valence-electron chi connectivity index (χ2n) is 14.0. The van der Waals surface area contributed by atoms with Crippen molar-refractivity contribution in [3.05, 3.63) is 211 Å². The van der Waals surface area contributed by atoms with Gasteiger partial charge in [0.25, 0.3) is 0 Å². The van der Waals surface area contributed by atoms with Crippen LogP contribution in [0.4, 0.5) is 0 Å². The number of aromatic nitrogens is 1. The minimum atomic E-state index is 0.434. The quantitative estimate of drug-likeness (QED) is 0.115. The number of amidine groups is 2. The van der Waals surface area contributed by atoms with E-state index in [2.05, 4.69) is 150 Å². The lowest BCUT2D eigenvalue weighted by Gasteiger charge is -2.16. The van der Waals surface area contributed by atoms with Crippen LogP contribution < -0.4 is 0 Å². The van der Waals surface area contributed by atoms with Crippen molar-refractivity contribution in [2.45, 2.75) is 6.54 Å². The highest BCUT2D eigenvalue weighted by molar-refractivity contribution is 7.26. The Morgan fingerprint density at radius 3 is 1.91 bits per heavy atom. The molecule has 0 fully saturated rings. The Hall–Kier alpha value is -7.21. The molecule has 0 radical (unpaired) electrons. The van der Waals surface area contributed by atoms with Gasteiger partial charge in [0.1, 0.15) is 0 Å². The zero-order valence-electron chi connectivity index (χ0n) is 31.1. The molecule has 0 saturated heterocycles. The van der Waals surface area contributed by atoms with Crippen LogP contribution in [0.1, 0.15) is 16.7 Å². The van der Waals surface area contributed by atoms with Crippen LogP contribution in [0.15, 0.2) is 209 Å². The van der Waals surface area contributed by atoms with Crippen molar-refractivity contribution in [3.63, 3.8) is 0 Å². The third kappa shape index (κ3) is 6.34. The average Bonchev–Trinajstić information content (AvgIpc) is 3.83. The van der Waals surface area contributed by atoms with Gasteiger partial charge in [-0.1, -0.05) is 164 Å². The van der Waals surface area contributed by atoms with Crippen molar-refractivity contribution in [1.29, 1.82) is 0 Å². The average molecular weight is 749 g/mol. The van der Waals surface area contributed by atoms with Gasteiger partial charge in [-0.05, 0) is 59.3 Å². The molecule has 270 valence electrons. The van der Waals surface area contributed by atoms with E-state index in [0.29, 0.717) is 18.2 Å². The topological polar surface area (TPSA) is 42.0 Å². The van der Waals surface area contributed by atoms with Crippen LogP contribution in [0.25, 0.3) is 69.9 Å². The molecule has 57 heavy (non-hydrogen) atoms. The van der Waals surface area contributed by atoms with Gasteiger partial charge in [0.2, 0.25) is 0 Å². The first-order valence-corrected chi connectivity index (χ1v) is 19.9. The second kappa shape index (κ2) is 14.8. The first kappa shape index (κ1) is 34.3. The Morgan fingerprint density at radius 1 is 0.491 bits per heavy atom. The summed E-state index contributed by atoms with van der Waals surface area (Å²) in [6, 6.07) is 68.5. The summed E-state index contributed by atoms with van der Waals surface area (Å²) < 4.78 is 5.06. The SMILES string of the molecule is C=NC(=NC(=NCc1ccc(-n2c3ccccc3c3ccc(-c4cccc5c4sc4ccccc45)cc32)c(-c2ccccc2)c1)c1ccccc1)c1ccccc1. The molecule has 0 aliphatic heterocycles. The molecule has 10 rings (SSSR count). The van der Waals surface area contributed by atoms with Crippen LogP contribution in [0.2, 0.25) is 0 Å². The fraction of sp³-hybridized carbons (Fsp3) is 0.0192. The van der Waals surface area contributed by atoms with E-state index in [4.69, 9.17) is 9.98 Å². The lowest BCUT2D eigenvalue weighted by atomic mass is 9.99. The molecule has 2 aromatic heterocycles. The molecule has 0 saturated carbocycles. The summed E-state index contributed by atoms with van der Waals surface area (Å²) in [7, 11) is 0. The summed E-state index contributed by atoms with van der Waals surface area (Å²) in [5.41, 5.74) is 11.1.